The summed E-state index contributed by atoms with van der Waals surface area (Å²) < 4.78 is 19.7. The molecule has 1 aromatic carbocycles. The minimum absolute atomic E-state index is 0.263. The number of alkyl carbamates (subject to hydrolysis) is 1. The van der Waals surface area contributed by atoms with Crippen LogP contribution in [0.5, 0.6) is 0 Å². The van der Waals surface area contributed by atoms with Gasteiger partial charge in [-0.15, -0.1) is 0 Å². The number of alkyl halides is 3. The molecule has 0 saturated carbocycles. The molecule has 0 spiro atoms. The first kappa shape index (κ1) is 44.7. The number of carbonyl (C=O) groups is 5. The van der Waals surface area contributed by atoms with Crippen molar-refractivity contribution in [2.45, 2.75) is 108 Å². The van der Waals surface area contributed by atoms with Crippen LogP contribution in [-0.4, -0.2) is 93.8 Å². The van der Waals surface area contributed by atoms with Crippen LogP contribution in [0.4, 0.5) is 4.79 Å². The van der Waals surface area contributed by atoms with Crippen LogP contribution < -0.4 is 16.1 Å². The Balaban J connectivity index is 1.66. The van der Waals surface area contributed by atoms with Crippen LogP contribution in [-0.2, 0) is 38.1 Å². The lowest BCUT2D eigenvalue weighted by Crippen LogP contribution is -2.60. The second-order valence-corrected chi connectivity index (χ2v) is 17.2. The third kappa shape index (κ3) is 13.6. The zero-order chi connectivity index (χ0) is 40.6. The Kier molecular flexibility index (Phi) is 15.5. The maximum Gasteiger partial charge on any atom is 0.408 e. The number of halogens is 3. The number of methoxy groups -OCH3 is 1. The van der Waals surface area contributed by atoms with Gasteiger partial charge in [-0.05, 0) is 85.9 Å². The Labute approximate surface area is 330 Å². The van der Waals surface area contributed by atoms with Gasteiger partial charge < -0.3 is 29.6 Å². The van der Waals surface area contributed by atoms with E-state index in [1.165, 1.54) is 19.0 Å². The number of esters is 2. The van der Waals surface area contributed by atoms with Crippen LogP contribution in [0.2, 0.25) is 0 Å². The summed E-state index contributed by atoms with van der Waals surface area (Å²) in [5.74, 6) is -2.69. The molecule has 0 radical (unpaired) electrons. The monoisotopic (exact) mass is 813 g/mol. The van der Waals surface area contributed by atoms with E-state index in [0.717, 1.165) is 10.9 Å². The van der Waals surface area contributed by atoms with Gasteiger partial charge in [0.1, 0.15) is 30.4 Å². The van der Waals surface area contributed by atoms with Gasteiger partial charge in [-0.3, -0.25) is 29.2 Å². The summed E-state index contributed by atoms with van der Waals surface area (Å²) in [5.41, 5.74) is 3.04. The average molecular weight is 815 g/mol. The fraction of sp³-hybridized carbons (Fsp3) is 0.568. The molecule has 2 heterocycles. The maximum absolute atomic E-state index is 13.5. The highest BCUT2D eigenvalue weighted by Gasteiger charge is 2.38. The number of hydrazine groups is 1. The first-order chi connectivity index (χ1) is 25.0. The number of amides is 3. The number of carbonyl (C=O) groups excluding carboxylic acids is 5. The first-order valence-corrected chi connectivity index (χ1v) is 18.6. The Morgan fingerprint density at radius 3 is 2.31 bits per heavy atom. The normalized spacial score (nSPS) is 17.6. The van der Waals surface area contributed by atoms with Crippen LogP contribution in [0, 0.1) is 5.41 Å². The highest BCUT2D eigenvalue weighted by molar-refractivity contribution is 6.67. The predicted octanol–water partition coefficient (Wildman–Crippen LogP) is 5.72. The molecule has 17 heteroatoms. The average Bonchev–Trinajstić information content (AvgIpc) is 3.09. The number of hydrogen-bond donors (Lipinski definition) is 3. The van der Waals surface area contributed by atoms with Crippen molar-refractivity contribution in [1.82, 2.24) is 26.1 Å². The molecule has 2 aromatic rings. The van der Waals surface area contributed by atoms with Crippen molar-refractivity contribution in [1.29, 1.82) is 0 Å². The largest absolute Gasteiger partial charge is 0.460 e. The standard InChI is InChI=1S/C37H50Cl3N5O9/c1-21(42-34(50)54-35(4,5)6)26-15-14-25-13-12-24(19-28(25)43-26)16-17-36(7,8)33(49)53-29(23(3)51-9)30(46)41-22(2)31(47)45-18-10-11-27(44-45)32(48)52-20-37(38,39)40/h12-17,19,21-23,27,29,44H,10-11,18,20H2,1-9H3,(H,41,46)(H,42,50). The van der Waals surface area contributed by atoms with E-state index in [-0.39, 0.29) is 6.54 Å². The molecule has 3 amide bonds. The van der Waals surface area contributed by atoms with Crippen molar-refractivity contribution < 1.29 is 42.9 Å². The van der Waals surface area contributed by atoms with Crippen LogP contribution >= 0.6 is 34.8 Å². The van der Waals surface area contributed by atoms with Crippen molar-refractivity contribution in [3.63, 3.8) is 0 Å². The lowest BCUT2D eigenvalue weighted by atomic mass is 9.92. The zero-order valence-corrected chi connectivity index (χ0v) is 34.2. The van der Waals surface area contributed by atoms with Crippen LogP contribution in [0.3, 0.4) is 0 Å². The molecule has 0 bridgehead atoms. The molecule has 1 fully saturated rings. The molecule has 1 saturated heterocycles. The van der Waals surface area contributed by atoms with E-state index in [4.69, 9.17) is 58.7 Å². The molecule has 54 heavy (non-hydrogen) atoms. The molecule has 0 aliphatic carbocycles. The lowest BCUT2D eigenvalue weighted by molar-refractivity contribution is -0.170. The number of nitrogens with zero attached hydrogens (tertiary/aromatic N) is 2. The number of benzene rings is 1. The van der Waals surface area contributed by atoms with Gasteiger partial charge in [0.05, 0.1) is 22.7 Å². The van der Waals surface area contributed by atoms with Crippen molar-refractivity contribution in [3.8, 4) is 0 Å². The van der Waals surface area contributed by atoms with E-state index in [2.05, 4.69) is 16.1 Å². The molecular weight excluding hydrogens is 765 g/mol. The van der Waals surface area contributed by atoms with Crippen LogP contribution in [0.25, 0.3) is 17.0 Å². The summed E-state index contributed by atoms with van der Waals surface area (Å²) in [6, 6.07) is 7.01. The molecular formula is C37H50Cl3N5O9. The van der Waals surface area contributed by atoms with E-state index in [1.54, 1.807) is 53.7 Å². The molecule has 5 atom stereocenters. The number of ether oxygens (including phenoxy) is 4. The molecule has 5 unspecified atom stereocenters. The van der Waals surface area contributed by atoms with Gasteiger partial charge in [-0.25, -0.2) is 10.2 Å². The minimum Gasteiger partial charge on any atom is -0.460 e. The van der Waals surface area contributed by atoms with E-state index < -0.39 is 81.6 Å². The minimum atomic E-state index is -1.78. The summed E-state index contributed by atoms with van der Waals surface area (Å²) in [4.78, 5) is 69.6. The molecule has 3 N–H and O–H groups in total. The number of rotatable bonds is 13. The lowest BCUT2D eigenvalue weighted by Gasteiger charge is -2.35. The van der Waals surface area contributed by atoms with Crippen LogP contribution in [0.1, 0.15) is 85.5 Å². The Bertz CT molecular complexity index is 1710. The van der Waals surface area contributed by atoms with Crippen molar-refractivity contribution >= 4 is 81.6 Å². The first-order valence-electron chi connectivity index (χ1n) is 17.4. The third-order valence-electron chi connectivity index (χ3n) is 8.27. The van der Waals surface area contributed by atoms with Crippen molar-refractivity contribution in [3.05, 3.63) is 47.7 Å². The molecule has 14 nitrogen and oxygen atoms in total. The summed E-state index contributed by atoms with van der Waals surface area (Å²) in [6.45, 7) is 13.3. The van der Waals surface area contributed by atoms with Gasteiger partial charge in [0, 0.05) is 19.0 Å². The topological polar surface area (TPSA) is 174 Å². The Morgan fingerprint density at radius 1 is 1.02 bits per heavy atom. The van der Waals surface area contributed by atoms with Gasteiger partial charge in [0.25, 0.3) is 11.8 Å². The Hall–Kier alpha value is -3.69. The quantitative estimate of drug-likeness (QED) is 0.128. The molecule has 1 aromatic heterocycles. The Morgan fingerprint density at radius 2 is 1.69 bits per heavy atom. The van der Waals surface area contributed by atoms with Gasteiger partial charge in [0.2, 0.25) is 9.90 Å². The van der Waals surface area contributed by atoms with Crippen LogP contribution in [0.15, 0.2) is 36.4 Å². The number of pyridine rings is 1. The van der Waals surface area contributed by atoms with E-state index in [9.17, 15) is 24.0 Å². The summed E-state index contributed by atoms with van der Waals surface area (Å²) >= 11 is 17.0. The highest BCUT2D eigenvalue weighted by atomic mass is 35.6. The van der Waals surface area contributed by atoms with Crippen molar-refractivity contribution in [2.75, 3.05) is 20.3 Å². The number of nitrogens with one attached hydrogen (secondary N) is 3. The van der Waals surface area contributed by atoms with E-state index >= 15 is 0 Å². The zero-order valence-electron chi connectivity index (χ0n) is 32.0. The van der Waals surface area contributed by atoms with Crippen molar-refractivity contribution in [2.24, 2.45) is 5.41 Å². The second kappa shape index (κ2) is 18.8. The highest BCUT2D eigenvalue weighted by Crippen LogP contribution is 2.27. The fourth-order valence-corrected chi connectivity index (χ4v) is 5.30. The van der Waals surface area contributed by atoms with Gasteiger partial charge in [-0.2, -0.15) is 0 Å². The predicted molar refractivity (Wildman–Crippen MR) is 205 cm³/mol. The number of fused-ring (bicyclic) bond motifs is 1. The molecule has 3 rings (SSSR count). The number of aromatic nitrogens is 1. The van der Waals surface area contributed by atoms with Gasteiger partial charge in [-0.1, -0.05) is 65.2 Å². The van der Waals surface area contributed by atoms with E-state index in [0.29, 0.717) is 24.1 Å². The fourth-order valence-electron chi connectivity index (χ4n) is 5.14. The summed E-state index contributed by atoms with van der Waals surface area (Å²) in [6.07, 6.45) is 1.44. The summed E-state index contributed by atoms with van der Waals surface area (Å²) in [5, 5.41) is 7.49. The summed E-state index contributed by atoms with van der Waals surface area (Å²) in [7, 11) is 1.37. The molecule has 1 aliphatic heterocycles. The molecule has 1 aliphatic rings. The van der Waals surface area contributed by atoms with Gasteiger partial charge >= 0.3 is 18.0 Å². The maximum atomic E-state index is 13.5. The number of hydrogen-bond acceptors (Lipinski definition) is 11. The second-order valence-electron chi connectivity index (χ2n) is 14.6. The smallest absolute Gasteiger partial charge is 0.408 e. The van der Waals surface area contributed by atoms with Gasteiger partial charge in [0.15, 0.2) is 0 Å². The molecule has 298 valence electrons. The third-order valence-corrected chi connectivity index (χ3v) is 8.60. The SMILES string of the molecule is COC(C)C(OC(=O)C(C)(C)C=Cc1ccc2ccc(C(C)NC(=O)OC(C)(C)C)nc2c1)C(=O)NC(C)C(=O)N1CCCC(C(=O)OCC(Cl)(Cl)Cl)N1. The van der Waals surface area contributed by atoms with E-state index in [1.807, 2.05) is 37.3 Å².